The summed E-state index contributed by atoms with van der Waals surface area (Å²) in [4.78, 5) is 33.4. The Kier molecular flexibility index (Phi) is 21.5. The fourth-order valence-electron chi connectivity index (χ4n) is 4.75. The Hall–Kier alpha value is -5.07. The van der Waals surface area contributed by atoms with Gasteiger partial charge in [-0.2, -0.15) is 0 Å². The number of halogens is 2. The van der Waals surface area contributed by atoms with Crippen LogP contribution in [0.15, 0.2) is 146 Å². The lowest BCUT2D eigenvalue weighted by molar-refractivity contribution is -0.135. The van der Waals surface area contributed by atoms with E-state index in [0.29, 0.717) is 18.8 Å². The second-order valence-electron chi connectivity index (χ2n) is 10.5. The third-order valence-electron chi connectivity index (χ3n) is 7.12. The molecule has 0 aliphatic rings. The van der Waals surface area contributed by atoms with Crippen molar-refractivity contribution in [3.63, 3.8) is 0 Å². The molecule has 5 rings (SSSR count). The number of carbonyl (C=O) groups excluding carboxylic acids is 3. The Morgan fingerprint density at radius 1 is 0.566 bits per heavy atom. The smallest absolute Gasteiger partial charge is 0.331 e. The number of aldehydes is 1. The van der Waals surface area contributed by atoms with E-state index in [1.807, 2.05) is 92.7 Å². The number of alkyl halides is 2. The molecule has 7 nitrogen and oxygen atoms in total. The van der Waals surface area contributed by atoms with Gasteiger partial charge in [-0.3, -0.25) is 4.79 Å². The van der Waals surface area contributed by atoms with Gasteiger partial charge in [0.1, 0.15) is 17.8 Å². The van der Waals surface area contributed by atoms with Gasteiger partial charge in [-0.1, -0.05) is 103 Å². The number of hydrogen-bond donors (Lipinski definition) is 0. The van der Waals surface area contributed by atoms with Crippen molar-refractivity contribution in [2.75, 3.05) is 32.8 Å². The maximum Gasteiger partial charge on any atom is 0.331 e. The molecule has 0 radical (unpaired) electrons. The highest BCUT2D eigenvalue weighted by molar-refractivity contribution is 7.95. The van der Waals surface area contributed by atoms with Crippen LogP contribution in [0.5, 0.6) is 11.5 Å². The van der Waals surface area contributed by atoms with Crippen molar-refractivity contribution >= 4 is 76.1 Å². The lowest BCUT2D eigenvalue weighted by Crippen LogP contribution is -2.28. The van der Waals surface area contributed by atoms with E-state index in [4.69, 9.17) is 37.4 Å². The van der Waals surface area contributed by atoms with Crippen LogP contribution in [0.4, 0.5) is 0 Å². The molecule has 0 spiro atoms. The Balaban J connectivity index is 0.000000287. The number of methoxy groups -OCH3 is 2. The predicted molar refractivity (Wildman–Crippen MR) is 221 cm³/mol. The van der Waals surface area contributed by atoms with E-state index in [1.165, 1.54) is 20.3 Å². The molecule has 53 heavy (non-hydrogen) atoms. The summed E-state index contributed by atoms with van der Waals surface area (Å²) >= 11 is 9.53. The van der Waals surface area contributed by atoms with Crippen molar-refractivity contribution in [2.24, 2.45) is 0 Å². The van der Waals surface area contributed by atoms with E-state index in [2.05, 4.69) is 41.1 Å². The molecule has 0 aromatic heterocycles. The Bertz CT molecular complexity index is 1750. The third kappa shape index (κ3) is 15.2. The van der Waals surface area contributed by atoms with Crippen LogP contribution in [0, 0.1) is 0 Å². The van der Waals surface area contributed by atoms with E-state index in [-0.39, 0.29) is 17.3 Å². The van der Waals surface area contributed by atoms with Gasteiger partial charge in [0.25, 0.3) is 0 Å². The van der Waals surface area contributed by atoms with Crippen LogP contribution >= 0.6 is 30.1 Å². The van der Waals surface area contributed by atoms with Crippen LogP contribution < -0.4 is 25.4 Å². The van der Waals surface area contributed by atoms with Gasteiger partial charge in [0.15, 0.2) is 0 Å². The summed E-state index contributed by atoms with van der Waals surface area (Å²) in [7, 11) is 2.78. The summed E-state index contributed by atoms with van der Waals surface area (Å²) in [5, 5.41) is 3.59. The summed E-state index contributed by atoms with van der Waals surface area (Å²) < 4.78 is 20.0. The predicted octanol–water partition coefficient (Wildman–Crippen LogP) is 8.55. The number of hydrogen-bond acceptors (Lipinski definition) is 7. The average Bonchev–Trinajstić information content (AvgIpc) is 3.22. The van der Waals surface area contributed by atoms with Gasteiger partial charge in [-0.15, -0.1) is 23.2 Å². The Morgan fingerprint density at radius 3 is 1.25 bits per heavy atom. The van der Waals surface area contributed by atoms with Crippen LogP contribution in [0.1, 0.15) is 29.8 Å². The quantitative estimate of drug-likeness (QED) is 0.0437. The van der Waals surface area contributed by atoms with Crippen molar-refractivity contribution in [2.45, 2.75) is 13.8 Å². The fourth-order valence-corrected chi connectivity index (χ4v) is 8.44. The van der Waals surface area contributed by atoms with Gasteiger partial charge in [0.2, 0.25) is 0 Å². The largest absolute Gasteiger partial charge is 0.494 e. The number of benzene rings is 5. The Morgan fingerprint density at radius 2 is 0.925 bits per heavy atom. The van der Waals surface area contributed by atoms with E-state index in [9.17, 15) is 14.4 Å². The van der Waals surface area contributed by atoms with Crippen molar-refractivity contribution in [3.8, 4) is 11.5 Å². The number of rotatable bonds is 11. The first kappa shape index (κ1) is 44.1. The molecule has 0 unspecified atom stereocenters. The maximum absolute atomic E-state index is 12.3. The minimum absolute atomic E-state index is 0.194. The van der Waals surface area contributed by atoms with Crippen LogP contribution in [0.25, 0.3) is 6.08 Å². The zero-order valence-corrected chi connectivity index (χ0v) is 32.7. The molecule has 0 fully saturated rings. The molecule has 5 aromatic rings. The second-order valence-corrected chi connectivity index (χ2v) is 14.5. The first-order valence-corrected chi connectivity index (χ1v) is 19.5. The summed E-state index contributed by atoms with van der Waals surface area (Å²) in [6, 6.07) is 45.1. The van der Waals surface area contributed by atoms with Gasteiger partial charge in [0.05, 0.1) is 32.8 Å². The van der Waals surface area contributed by atoms with Crippen LogP contribution in [-0.4, -0.2) is 56.8 Å². The first-order valence-electron chi connectivity index (χ1n) is 16.6. The molecule has 0 atom stereocenters. The number of esters is 2. The topological polar surface area (TPSA) is 88.1 Å². The normalized spacial score (nSPS) is 10.1. The van der Waals surface area contributed by atoms with Crippen molar-refractivity contribution in [3.05, 3.63) is 157 Å². The van der Waals surface area contributed by atoms with E-state index < -0.39 is 6.89 Å². The molecule has 0 amide bonds. The Labute approximate surface area is 323 Å². The molecule has 0 saturated carbocycles. The van der Waals surface area contributed by atoms with E-state index >= 15 is 0 Å². The highest BCUT2D eigenvalue weighted by Gasteiger charge is 2.26. The van der Waals surface area contributed by atoms with Crippen LogP contribution in [0.2, 0.25) is 0 Å². The summed E-state index contributed by atoms with van der Waals surface area (Å²) in [6.07, 6.45) is 3.90. The monoisotopic (exact) mass is 774 g/mol. The van der Waals surface area contributed by atoms with E-state index in [0.717, 1.165) is 39.3 Å². The zero-order valence-electron chi connectivity index (χ0n) is 30.3. The SMILES string of the molecule is CCOc1ccc(/C=C/C(=O)OC)cc1.CCOc1ccc(C=O)cc1.COC(=O)C=P(c1ccccc1)(c1ccccc1)c1ccccc1.ClCCl. The fraction of sp³-hybridized carbons (Fsp3) is 0.163. The molecular weight excluding hydrogens is 730 g/mol. The van der Waals surface area contributed by atoms with Gasteiger partial charge in [-0.05, 0) is 84.7 Å². The van der Waals surface area contributed by atoms with Gasteiger partial charge in [0, 0.05) is 17.4 Å². The number of carbonyl (C=O) groups is 3. The molecule has 10 heteroatoms. The minimum atomic E-state index is -2.23. The highest BCUT2D eigenvalue weighted by Crippen LogP contribution is 2.43. The lowest BCUT2D eigenvalue weighted by atomic mass is 10.2. The average molecular weight is 776 g/mol. The summed E-state index contributed by atoms with van der Waals surface area (Å²) in [5.74, 6) is 2.74. The molecule has 5 aromatic carbocycles. The molecule has 0 aliphatic carbocycles. The molecule has 278 valence electrons. The van der Waals surface area contributed by atoms with Gasteiger partial charge in [-0.25, -0.2) is 9.59 Å². The van der Waals surface area contributed by atoms with Crippen LogP contribution in [-0.2, 0) is 19.1 Å². The third-order valence-corrected chi connectivity index (χ3v) is 11.1. The summed E-state index contributed by atoms with van der Waals surface area (Å²) in [5.41, 5.74) is 1.61. The molecule has 0 aliphatic heterocycles. The molecular formula is C43H45Cl2O7P. The standard InChI is InChI=1S/C21H19O2P.C12H14O3.C9H10O2.CH2Cl2/c1-23-21(22)17-24(18-11-5-2-6-12-18,19-13-7-3-8-14-19)20-15-9-4-10-16-20;1-3-15-11-7-4-10(5-8-11)6-9-12(13)14-2;1-2-11-9-5-3-8(7-10)4-6-9;2-1-3/h2-17H,1H3;4-9H,3H2,1-2H3;3-7H,2H2,1H3;1H2/b;9-6+;;. The molecule has 0 N–H and O–H groups in total. The molecule has 0 saturated heterocycles. The summed E-state index contributed by atoms with van der Waals surface area (Å²) in [6.45, 7) is 2.94. The molecule has 0 heterocycles. The maximum atomic E-state index is 12.3. The van der Waals surface area contributed by atoms with Crippen molar-refractivity contribution in [1.82, 2.24) is 0 Å². The van der Waals surface area contributed by atoms with Crippen molar-refractivity contribution < 1.29 is 33.3 Å². The van der Waals surface area contributed by atoms with Gasteiger partial charge >= 0.3 is 11.9 Å². The van der Waals surface area contributed by atoms with Gasteiger partial charge < -0.3 is 18.9 Å². The van der Waals surface area contributed by atoms with E-state index in [1.54, 1.807) is 36.1 Å². The highest BCUT2D eigenvalue weighted by atomic mass is 35.5. The lowest BCUT2D eigenvalue weighted by Gasteiger charge is -2.28. The molecule has 0 bridgehead atoms. The second kappa shape index (κ2) is 25.8. The first-order chi connectivity index (χ1) is 25.8. The van der Waals surface area contributed by atoms with Crippen molar-refractivity contribution in [1.29, 1.82) is 0 Å². The van der Waals surface area contributed by atoms with Crippen LogP contribution in [0.3, 0.4) is 0 Å². The minimum Gasteiger partial charge on any atom is -0.494 e. The zero-order chi connectivity index (χ0) is 38.7. The number of ether oxygens (including phenoxy) is 4.